The Morgan fingerprint density at radius 2 is 1.84 bits per heavy atom. The molecule has 7 heteroatoms. The molecule has 0 bridgehead atoms. The van der Waals surface area contributed by atoms with Crippen LogP contribution >= 0.6 is 0 Å². The van der Waals surface area contributed by atoms with Gasteiger partial charge < -0.3 is 10.6 Å². The Kier molecular flexibility index (Phi) is 5.66. The van der Waals surface area contributed by atoms with Crippen LogP contribution in [0.2, 0.25) is 0 Å². The molecular formula is C24H23FN4O2. The molecule has 4 rings (SSSR count). The Morgan fingerprint density at radius 1 is 1.10 bits per heavy atom. The van der Waals surface area contributed by atoms with Crippen molar-refractivity contribution in [2.75, 3.05) is 5.32 Å². The number of carbonyl (C=O) groups excluding carboxylic acids is 2. The van der Waals surface area contributed by atoms with Crippen LogP contribution in [0.1, 0.15) is 40.2 Å². The summed E-state index contributed by atoms with van der Waals surface area (Å²) in [7, 11) is 0. The minimum atomic E-state index is -0.479. The first-order valence-corrected chi connectivity index (χ1v) is 10.1. The summed E-state index contributed by atoms with van der Waals surface area (Å²) in [6.45, 7) is 3.70. The van der Waals surface area contributed by atoms with Crippen molar-refractivity contribution >= 4 is 23.6 Å². The summed E-state index contributed by atoms with van der Waals surface area (Å²) in [5, 5.41) is 9.87. The van der Waals surface area contributed by atoms with Gasteiger partial charge in [-0.1, -0.05) is 12.1 Å². The second-order valence-corrected chi connectivity index (χ2v) is 7.70. The van der Waals surface area contributed by atoms with Gasteiger partial charge in [-0.05, 0) is 74.7 Å². The molecule has 1 aliphatic rings. The number of nitrogens with zero attached hydrogens (tertiary/aromatic N) is 2. The molecule has 2 N–H and O–H groups in total. The molecular weight excluding hydrogens is 395 g/mol. The third-order valence-electron chi connectivity index (χ3n) is 4.97. The lowest BCUT2D eigenvalue weighted by molar-refractivity contribution is -0.111. The van der Waals surface area contributed by atoms with Gasteiger partial charge in [0.1, 0.15) is 5.69 Å². The molecule has 1 saturated carbocycles. The molecule has 1 aromatic heterocycles. The van der Waals surface area contributed by atoms with Crippen molar-refractivity contribution in [1.82, 2.24) is 15.1 Å². The highest BCUT2D eigenvalue weighted by Crippen LogP contribution is 2.21. The minimum absolute atomic E-state index is 0.0817. The van der Waals surface area contributed by atoms with Gasteiger partial charge in [0.25, 0.3) is 5.91 Å². The molecule has 3 aromatic rings. The molecule has 31 heavy (non-hydrogen) atoms. The van der Waals surface area contributed by atoms with Crippen molar-refractivity contribution < 1.29 is 14.0 Å². The Balaban J connectivity index is 1.38. The summed E-state index contributed by atoms with van der Waals surface area (Å²) in [5.41, 5.74) is 3.67. The van der Waals surface area contributed by atoms with Crippen LogP contribution in [0.5, 0.6) is 0 Å². The number of hydrogen-bond donors (Lipinski definition) is 2. The maximum Gasteiger partial charge on any atom is 0.251 e. The monoisotopic (exact) mass is 418 g/mol. The molecule has 2 amide bonds. The van der Waals surface area contributed by atoms with Gasteiger partial charge in [-0.2, -0.15) is 5.10 Å². The van der Waals surface area contributed by atoms with E-state index in [-0.39, 0.29) is 11.8 Å². The highest BCUT2D eigenvalue weighted by molar-refractivity contribution is 6.02. The average Bonchev–Trinajstić information content (AvgIpc) is 3.49. The lowest BCUT2D eigenvalue weighted by Gasteiger charge is -2.08. The van der Waals surface area contributed by atoms with E-state index in [4.69, 9.17) is 0 Å². The van der Waals surface area contributed by atoms with E-state index in [2.05, 4.69) is 15.7 Å². The second-order valence-electron chi connectivity index (χ2n) is 7.70. The smallest absolute Gasteiger partial charge is 0.251 e. The first-order valence-electron chi connectivity index (χ1n) is 10.1. The predicted molar refractivity (Wildman–Crippen MR) is 118 cm³/mol. The SMILES string of the molecule is Cc1cc(C)n(-c2ccc(NC(=O)/C=C/c3ccc(C(=O)NC4CC4)cc3)cc2F)n1. The van der Waals surface area contributed by atoms with Crippen LogP contribution < -0.4 is 10.6 Å². The summed E-state index contributed by atoms with van der Waals surface area (Å²) in [5.74, 6) is -0.941. The maximum absolute atomic E-state index is 14.5. The number of nitrogens with one attached hydrogen (secondary N) is 2. The molecule has 1 aliphatic carbocycles. The van der Waals surface area contributed by atoms with Crippen LogP contribution in [-0.4, -0.2) is 27.6 Å². The summed E-state index contributed by atoms with van der Waals surface area (Å²) >= 11 is 0. The first kappa shape index (κ1) is 20.5. The fraction of sp³-hybridized carbons (Fsp3) is 0.208. The summed E-state index contributed by atoms with van der Waals surface area (Å²) in [6, 6.07) is 13.7. The van der Waals surface area contributed by atoms with Gasteiger partial charge in [0, 0.05) is 29.1 Å². The number of benzene rings is 2. The molecule has 158 valence electrons. The Bertz CT molecular complexity index is 1160. The average molecular weight is 418 g/mol. The largest absolute Gasteiger partial charge is 0.349 e. The summed E-state index contributed by atoms with van der Waals surface area (Å²) < 4.78 is 16.1. The van der Waals surface area contributed by atoms with Gasteiger partial charge in [-0.3, -0.25) is 9.59 Å². The standard InChI is InChI=1S/C24H23FN4O2/c1-15-13-16(2)29(28-15)22-11-10-20(14-21(22)25)26-23(30)12-5-17-3-6-18(7-4-17)24(31)27-19-8-9-19/h3-7,10-14,19H,8-9H2,1-2H3,(H,26,30)(H,27,31)/b12-5+. The van der Waals surface area contributed by atoms with Gasteiger partial charge >= 0.3 is 0 Å². The van der Waals surface area contributed by atoms with Crippen molar-refractivity contribution in [1.29, 1.82) is 0 Å². The first-order chi connectivity index (χ1) is 14.9. The maximum atomic E-state index is 14.5. The summed E-state index contributed by atoms with van der Waals surface area (Å²) in [4.78, 5) is 24.2. The number of anilines is 1. The quantitative estimate of drug-likeness (QED) is 0.590. The van der Waals surface area contributed by atoms with Crippen LogP contribution in [0.25, 0.3) is 11.8 Å². The Morgan fingerprint density at radius 3 is 2.45 bits per heavy atom. The predicted octanol–water partition coefficient (Wildman–Crippen LogP) is 4.17. The highest BCUT2D eigenvalue weighted by atomic mass is 19.1. The van der Waals surface area contributed by atoms with Crippen molar-refractivity contribution in [2.45, 2.75) is 32.7 Å². The molecule has 6 nitrogen and oxygen atoms in total. The highest BCUT2D eigenvalue weighted by Gasteiger charge is 2.23. The van der Waals surface area contributed by atoms with Gasteiger partial charge in [0.15, 0.2) is 5.82 Å². The number of aryl methyl sites for hydroxylation is 2. The number of aromatic nitrogens is 2. The van der Waals surface area contributed by atoms with Crippen LogP contribution in [0.4, 0.5) is 10.1 Å². The van der Waals surface area contributed by atoms with Gasteiger partial charge in [-0.15, -0.1) is 0 Å². The lowest BCUT2D eigenvalue weighted by Crippen LogP contribution is -2.25. The third kappa shape index (κ3) is 5.06. The van der Waals surface area contributed by atoms with E-state index in [0.717, 1.165) is 29.8 Å². The zero-order valence-corrected chi connectivity index (χ0v) is 17.4. The Labute approximate surface area is 179 Å². The molecule has 0 radical (unpaired) electrons. The lowest BCUT2D eigenvalue weighted by atomic mass is 10.1. The number of hydrogen-bond acceptors (Lipinski definition) is 3. The fourth-order valence-corrected chi connectivity index (χ4v) is 3.23. The molecule has 0 aliphatic heterocycles. The molecule has 0 unspecified atom stereocenters. The van der Waals surface area contributed by atoms with Gasteiger partial charge in [0.05, 0.1) is 5.69 Å². The molecule has 1 fully saturated rings. The zero-order valence-electron chi connectivity index (χ0n) is 17.4. The van der Waals surface area contributed by atoms with E-state index in [0.29, 0.717) is 23.0 Å². The van der Waals surface area contributed by atoms with E-state index in [1.807, 2.05) is 19.9 Å². The molecule has 0 saturated heterocycles. The minimum Gasteiger partial charge on any atom is -0.349 e. The van der Waals surface area contributed by atoms with Crippen molar-refractivity contribution in [3.05, 3.63) is 82.9 Å². The molecule has 0 spiro atoms. The van der Waals surface area contributed by atoms with Crippen LogP contribution in [0, 0.1) is 19.7 Å². The topological polar surface area (TPSA) is 76.0 Å². The van der Waals surface area contributed by atoms with Crippen molar-refractivity contribution in [3.8, 4) is 5.69 Å². The van der Waals surface area contributed by atoms with Crippen molar-refractivity contribution in [3.63, 3.8) is 0 Å². The van der Waals surface area contributed by atoms with E-state index in [1.54, 1.807) is 42.5 Å². The second kappa shape index (κ2) is 8.55. The van der Waals surface area contributed by atoms with E-state index < -0.39 is 5.82 Å². The fourth-order valence-electron chi connectivity index (χ4n) is 3.23. The van der Waals surface area contributed by atoms with Crippen molar-refractivity contribution in [2.24, 2.45) is 0 Å². The van der Waals surface area contributed by atoms with Gasteiger partial charge in [-0.25, -0.2) is 9.07 Å². The van der Waals surface area contributed by atoms with E-state index in [1.165, 1.54) is 16.8 Å². The van der Waals surface area contributed by atoms with Crippen LogP contribution in [-0.2, 0) is 4.79 Å². The normalized spacial score (nSPS) is 13.4. The Hall–Kier alpha value is -3.74. The molecule has 2 aromatic carbocycles. The van der Waals surface area contributed by atoms with Crippen LogP contribution in [0.3, 0.4) is 0 Å². The third-order valence-corrected chi connectivity index (χ3v) is 4.97. The molecule has 1 heterocycles. The van der Waals surface area contributed by atoms with E-state index in [9.17, 15) is 14.0 Å². The van der Waals surface area contributed by atoms with Gasteiger partial charge in [0.2, 0.25) is 5.91 Å². The van der Waals surface area contributed by atoms with E-state index >= 15 is 0 Å². The molecule has 0 atom stereocenters. The zero-order chi connectivity index (χ0) is 22.0. The number of rotatable bonds is 6. The number of halogens is 1. The number of carbonyl (C=O) groups is 2. The number of amides is 2. The summed E-state index contributed by atoms with van der Waals surface area (Å²) in [6.07, 6.45) is 5.08. The van der Waals surface area contributed by atoms with Crippen LogP contribution in [0.15, 0.2) is 54.6 Å².